The lowest BCUT2D eigenvalue weighted by molar-refractivity contribution is -0.163. The molecule has 56 heavy (non-hydrogen) atoms. The van der Waals surface area contributed by atoms with E-state index in [0.717, 1.165) is 42.7 Å². The Hall–Kier alpha value is -4.80. The second-order valence-electron chi connectivity index (χ2n) is 14.6. The average molecular weight is 769 g/mol. The first-order valence-electron chi connectivity index (χ1n) is 20.3. The third-order valence-corrected chi connectivity index (χ3v) is 10.5. The van der Waals surface area contributed by atoms with Gasteiger partial charge >= 0.3 is 23.9 Å². The molecule has 0 N–H and O–H groups in total. The maximum absolute atomic E-state index is 13.0. The van der Waals surface area contributed by atoms with Crippen molar-refractivity contribution in [3.63, 3.8) is 0 Å². The van der Waals surface area contributed by atoms with Gasteiger partial charge < -0.3 is 28.4 Å². The number of carbonyl (C=O) groups is 4. The Kier molecular flexibility index (Phi) is 16.7. The van der Waals surface area contributed by atoms with Gasteiger partial charge in [0.25, 0.3) is 0 Å². The van der Waals surface area contributed by atoms with Crippen LogP contribution in [-0.2, 0) is 38.1 Å². The molecule has 0 spiro atoms. The van der Waals surface area contributed by atoms with Gasteiger partial charge in [0.1, 0.15) is 5.75 Å². The molecule has 10 nitrogen and oxygen atoms in total. The summed E-state index contributed by atoms with van der Waals surface area (Å²) in [5.41, 5.74) is 4.43. The van der Waals surface area contributed by atoms with Crippen LogP contribution in [0, 0.1) is 5.92 Å². The zero-order valence-electron chi connectivity index (χ0n) is 32.8. The van der Waals surface area contributed by atoms with Gasteiger partial charge in [0, 0.05) is 11.6 Å². The normalized spacial score (nSPS) is 19.5. The molecule has 0 aromatic heterocycles. The zero-order valence-corrected chi connectivity index (χ0v) is 32.8. The lowest BCUT2D eigenvalue weighted by Gasteiger charge is -2.29. The standard InChI is InChI=1S/C46H56O10/c1-4-7-29-52-44(49)41-42(45(50)53-30-8-5-2)56-46(55-41)38-25-27-39(28-26-38)54-43(48)37-23-21-36(22-24-37)35-19-17-34(18-20-35)33-15-13-32(14-16-33)12-10-9-11-31-51-40(47)6-3/h6,17-28,32-33,41-42,46H,3-5,7-16,29-31H2,1-2H3/t32?,33?,41-,42-/m1/s1. The first-order valence-corrected chi connectivity index (χ1v) is 20.3. The summed E-state index contributed by atoms with van der Waals surface area (Å²) in [5, 5.41) is 0. The number of hydrogen-bond acceptors (Lipinski definition) is 10. The summed E-state index contributed by atoms with van der Waals surface area (Å²) in [6.45, 7) is 8.30. The molecular weight excluding hydrogens is 712 g/mol. The van der Waals surface area contributed by atoms with Crippen molar-refractivity contribution in [2.75, 3.05) is 19.8 Å². The number of benzene rings is 3. The van der Waals surface area contributed by atoms with E-state index in [0.29, 0.717) is 42.2 Å². The minimum absolute atomic E-state index is 0.221. The molecule has 0 amide bonds. The van der Waals surface area contributed by atoms with Crippen molar-refractivity contribution in [1.29, 1.82) is 0 Å². The van der Waals surface area contributed by atoms with Gasteiger partial charge in [0.05, 0.1) is 25.4 Å². The average Bonchev–Trinajstić information content (AvgIpc) is 3.69. The lowest BCUT2D eigenvalue weighted by Crippen LogP contribution is -2.39. The SMILES string of the molecule is C=CC(=O)OCCCCCC1CCC(c2ccc(-c3ccc(C(=O)Oc4ccc(C5O[C@@H](C(=O)OCCCC)[C@H](C(=O)OCCCC)O5)cc4)cc3)cc2)CC1. The van der Waals surface area contributed by atoms with E-state index in [2.05, 4.69) is 30.8 Å². The predicted octanol–water partition coefficient (Wildman–Crippen LogP) is 9.61. The molecule has 0 unspecified atom stereocenters. The molecule has 2 fully saturated rings. The Morgan fingerprint density at radius 2 is 1.18 bits per heavy atom. The van der Waals surface area contributed by atoms with Gasteiger partial charge in [0.15, 0.2) is 18.5 Å². The van der Waals surface area contributed by atoms with Gasteiger partial charge in [-0.2, -0.15) is 0 Å². The van der Waals surface area contributed by atoms with Crippen LogP contribution in [0.15, 0.2) is 85.5 Å². The maximum atomic E-state index is 13.0. The van der Waals surface area contributed by atoms with Crippen LogP contribution >= 0.6 is 0 Å². The molecule has 2 atom stereocenters. The summed E-state index contributed by atoms with van der Waals surface area (Å²) in [5.74, 6) is -0.520. The van der Waals surface area contributed by atoms with Crippen molar-refractivity contribution < 1.29 is 47.6 Å². The Morgan fingerprint density at radius 1 is 0.643 bits per heavy atom. The highest BCUT2D eigenvalue weighted by Gasteiger charge is 2.47. The molecule has 3 aromatic rings. The van der Waals surface area contributed by atoms with E-state index in [-0.39, 0.29) is 19.2 Å². The van der Waals surface area contributed by atoms with Gasteiger partial charge in [-0.3, -0.25) is 0 Å². The van der Waals surface area contributed by atoms with E-state index < -0.39 is 36.4 Å². The number of esters is 4. The summed E-state index contributed by atoms with van der Waals surface area (Å²) in [6.07, 6.45) is 10.1. The molecular formula is C46H56O10. The first kappa shape index (κ1) is 42.3. The van der Waals surface area contributed by atoms with Crippen LogP contribution in [0.4, 0.5) is 0 Å². The second-order valence-corrected chi connectivity index (χ2v) is 14.6. The van der Waals surface area contributed by atoms with Gasteiger partial charge in [-0.05, 0) is 97.7 Å². The van der Waals surface area contributed by atoms with Crippen LogP contribution in [-0.4, -0.2) is 55.9 Å². The smallest absolute Gasteiger partial charge is 0.343 e. The minimum atomic E-state index is -1.26. The molecule has 1 heterocycles. The van der Waals surface area contributed by atoms with Crippen molar-refractivity contribution in [2.45, 2.75) is 115 Å². The van der Waals surface area contributed by atoms with Crippen LogP contribution in [0.25, 0.3) is 11.1 Å². The minimum Gasteiger partial charge on any atom is -0.464 e. The molecule has 1 aliphatic heterocycles. The molecule has 2 aliphatic rings. The van der Waals surface area contributed by atoms with E-state index in [1.165, 1.54) is 50.2 Å². The highest BCUT2D eigenvalue weighted by molar-refractivity contribution is 5.91. The van der Waals surface area contributed by atoms with Crippen molar-refractivity contribution in [3.8, 4) is 16.9 Å². The Bertz CT molecular complexity index is 1680. The number of carbonyl (C=O) groups excluding carboxylic acids is 4. The van der Waals surface area contributed by atoms with E-state index in [9.17, 15) is 19.2 Å². The van der Waals surface area contributed by atoms with Gasteiger partial charge in [-0.15, -0.1) is 0 Å². The highest BCUT2D eigenvalue weighted by Crippen LogP contribution is 2.38. The molecule has 10 heteroatoms. The van der Waals surface area contributed by atoms with Crippen molar-refractivity contribution in [1.82, 2.24) is 0 Å². The fourth-order valence-corrected chi connectivity index (χ4v) is 7.09. The number of ether oxygens (including phenoxy) is 6. The summed E-state index contributed by atoms with van der Waals surface area (Å²) < 4.78 is 33.1. The van der Waals surface area contributed by atoms with E-state index >= 15 is 0 Å². The topological polar surface area (TPSA) is 124 Å². The van der Waals surface area contributed by atoms with E-state index in [1.807, 2.05) is 26.0 Å². The third kappa shape index (κ3) is 12.4. The van der Waals surface area contributed by atoms with Gasteiger partial charge in [0.2, 0.25) is 0 Å². The molecule has 1 saturated heterocycles. The summed E-state index contributed by atoms with van der Waals surface area (Å²) >= 11 is 0. The predicted molar refractivity (Wildman–Crippen MR) is 212 cm³/mol. The number of unbranched alkanes of at least 4 members (excludes halogenated alkanes) is 4. The number of hydrogen-bond donors (Lipinski definition) is 0. The molecule has 3 aromatic carbocycles. The molecule has 5 rings (SSSR count). The van der Waals surface area contributed by atoms with Crippen molar-refractivity contribution in [3.05, 3.63) is 102 Å². The van der Waals surface area contributed by atoms with E-state index in [4.69, 9.17) is 28.4 Å². The maximum Gasteiger partial charge on any atom is 0.343 e. The summed E-state index contributed by atoms with van der Waals surface area (Å²) in [7, 11) is 0. The Morgan fingerprint density at radius 3 is 1.73 bits per heavy atom. The fraction of sp³-hybridized carbons (Fsp3) is 0.478. The largest absolute Gasteiger partial charge is 0.464 e. The van der Waals surface area contributed by atoms with Crippen LogP contribution in [0.5, 0.6) is 5.75 Å². The molecule has 1 saturated carbocycles. The molecule has 0 radical (unpaired) electrons. The molecule has 0 bridgehead atoms. The molecule has 1 aliphatic carbocycles. The Labute approximate surface area is 330 Å². The van der Waals surface area contributed by atoms with Crippen molar-refractivity contribution in [2.24, 2.45) is 5.92 Å². The molecule has 300 valence electrons. The lowest BCUT2D eigenvalue weighted by atomic mass is 9.77. The summed E-state index contributed by atoms with van der Waals surface area (Å²) in [6, 6.07) is 22.7. The monoisotopic (exact) mass is 768 g/mol. The highest BCUT2D eigenvalue weighted by atomic mass is 16.8. The summed E-state index contributed by atoms with van der Waals surface area (Å²) in [4.78, 5) is 49.8. The van der Waals surface area contributed by atoms with Gasteiger partial charge in [-0.25, -0.2) is 19.2 Å². The van der Waals surface area contributed by atoms with Crippen LogP contribution in [0.2, 0.25) is 0 Å². The fourth-order valence-electron chi connectivity index (χ4n) is 7.09. The Balaban J connectivity index is 1.08. The zero-order chi connectivity index (χ0) is 39.7. The third-order valence-electron chi connectivity index (χ3n) is 10.5. The quantitative estimate of drug-likeness (QED) is 0.0361. The first-order chi connectivity index (χ1) is 27.3. The second kappa shape index (κ2) is 22.1. The van der Waals surface area contributed by atoms with Crippen LogP contribution in [0.1, 0.15) is 125 Å². The van der Waals surface area contributed by atoms with E-state index in [1.54, 1.807) is 36.4 Å². The van der Waals surface area contributed by atoms with Crippen LogP contribution in [0.3, 0.4) is 0 Å². The van der Waals surface area contributed by atoms with Gasteiger partial charge in [-0.1, -0.05) is 101 Å². The van der Waals surface area contributed by atoms with Crippen LogP contribution < -0.4 is 4.74 Å². The number of rotatable bonds is 20. The van der Waals surface area contributed by atoms with Crippen molar-refractivity contribution >= 4 is 23.9 Å².